The number of aromatic nitrogens is 4. The number of carbonyl (C=O) groups excluding carboxylic acids is 1. The minimum Gasteiger partial charge on any atom is -0.324 e. The predicted octanol–water partition coefficient (Wildman–Crippen LogP) is 4.80. The minimum atomic E-state index is -0.462. The highest BCUT2D eigenvalue weighted by molar-refractivity contribution is 8.00. The highest BCUT2D eigenvalue weighted by Gasteiger charge is 2.20. The van der Waals surface area contributed by atoms with Gasteiger partial charge < -0.3 is 5.32 Å². The second-order valence-corrected chi connectivity index (χ2v) is 8.13. The lowest BCUT2D eigenvalue weighted by Gasteiger charge is -2.13. The molecule has 140 valence electrons. The van der Waals surface area contributed by atoms with E-state index in [0.29, 0.717) is 32.5 Å². The molecule has 0 fully saturated rings. The van der Waals surface area contributed by atoms with E-state index in [1.165, 1.54) is 23.9 Å². The van der Waals surface area contributed by atoms with Gasteiger partial charge in [0.15, 0.2) is 0 Å². The first-order chi connectivity index (χ1) is 12.9. The molecule has 1 atom stereocenters. The molecule has 6 nitrogen and oxygen atoms in total. The van der Waals surface area contributed by atoms with Gasteiger partial charge in [0.05, 0.1) is 32.5 Å². The average Bonchev–Trinajstić information content (AvgIpc) is 3.07. The highest BCUT2D eigenvalue weighted by Crippen LogP contribution is 2.33. The van der Waals surface area contributed by atoms with Crippen LogP contribution in [0, 0.1) is 0 Å². The normalized spacial score (nSPS) is 12.0. The molecule has 1 aromatic heterocycles. The van der Waals surface area contributed by atoms with Crippen LogP contribution in [-0.4, -0.2) is 31.4 Å². The van der Waals surface area contributed by atoms with Crippen LogP contribution in [0.4, 0.5) is 5.69 Å². The fourth-order valence-electron chi connectivity index (χ4n) is 2.20. The Bertz CT molecular complexity index is 951. The largest absolute Gasteiger partial charge is 0.324 e. The number of amides is 1. The van der Waals surface area contributed by atoms with Crippen molar-refractivity contribution in [2.75, 3.05) is 5.32 Å². The molecule has 0 aliphatic heterocycles. The number of hydrogen-bond acceptors (Lipinski definition) is 5. The summed E-state index contributed by atoms with van der Waals surface area (Å²) >= 11 is 19.2. The van der Waals surface area contributed by atoms with Crippen molar-refractivity contribution in [3.63, 3.8) is 0 Å². The van der Waals surface area contributed by atoms with Crippen molar-refractivity contribution in [2.45, 2.75) is 23.9 Å². The molecule has 1 unspecified atom stereocenters. The summed E-state index contributed by atoms with van der Waals surface area (Å²) in [6.45, 7) is 2.27. The summed E-state index contributed by atoms with van der Waals surface area (Å²) in [4.78, 5) is 12.5. The highest BCUT2D eigenvalue weighted by atomic mass is 35.5. The molecule has 0 spiro atoms. The third kappa shape index (κ3) is 5.13. The lowest BCUT2D eigenvalue weighted by Crippen LogP contribution is -2.23. The van der Waals surface area contributed by atoms with Crippen molar-refractivity contribution in [3.05, 3.63) is 63.1 Å². The van der Waals surface area contributed by atoms with Crippen molar-refractivity contribution >= 4 is 58.2 Å². The van der Waals surface area contributed by atoms with Crippen molar-refractivity contribution in [3.8, 4) is 0 Å². The zero-order chi connectivity index (χ0) is 19.4. The third-order valence-corrected chi connectivity index (χ3v) is 5.70. The van der Waals surface area contributed by atoms with Gasteiger partial charge in [-0.1, -0.05) is 76.9 Å². The van der Waals surface area contributed by atoms with Gasteiger partial charge in [0.25, 0.3) is 0 Å². The van der Waals surface area contributed by atoms with Crippen LogP contribution in [0.3, 0.4) is 0 Å². The molecule has 0 bridgehead atoms. The summed E-state index contributed by atoms with van der Waals surface area (Å²) in [7, 11) is 0. The number of anilines is 1. The first-order valence-corrected chi connectivity index (χ1v) is 9.87. The molecule has 1 heterocycles. The van der Waals surface area contributed by atoms with E-state index in [1.807, 2.05) is 30.3 Å². The zero-order valence-corrected chi connectivity index (χ0v) is 17.1. The Hall–Kier alpha value is -1.80. The fourth-order valence-corrected chi connectivity index (χ4v) is 3.58. The standard InChI is InChI=1S/C17H14Cl3N5OS/c1-10(16(26)21-15-8-13(19)12(18)7-14(15)20)27-17-22-23-24-25(17)9-11-5-3-2-4-6-11/h2-8,10H,9H2,1H3,(H,21,26). The molecule has 3 aromatic rings. The third-order valence-electron chi connectivity index (χ3n) is 3.59. The molecule has 0 saturated carbocycles. The van der Waals surface area contributed by atoms with Gasteiger partial charge in [-0.3, -0.25) is 4.79 Å². The first-order valence-electron chi connectivity index (χ1n) is 7.86. The Morgan fingerprint density at radius 2 is 1.85 bits per heavy atom. The molecule has 0 saturated heterocycles. The molecular formula is C17H14Cl3N5OS. The van der Waals surface area contributed by atoms with Crippen LogP contribution >= 0.6 is 46.6 Å². The van der Waals surface area contributed by atoms with Crippen LogP contribution in [0.1, 0.15) is 12.5 Å². The zero-order valence-electron chi connectivity index (χ0n) is 14.1. The van der Waals surface area contributed by atoms with Crippen LogP contribution in [-0.2, 0) is 11.3 Å². The molecule has 27 heavy (non-hydrogen) atoms. The van der Waals surface area contributed by atoms with Gasteiger partial charge in [-0.05, 0) is 35.0 Å². The number of rotatable bonds is 6. The number of thioether (sulfide) groups is 1. The van der Waals surface area contributed by atoms with Crippen LogP contribution in [0.2, 0.25) is 15.1 Å². The number of nitrogens with zero attached hydrogens (tertiary/aromatic N) is 4. The van der Waals surface area contributed by atoms with E-state index < -0.39 is 5.25 Å². The number of benzene rings is 2. The smallest absolute Gasteiger partial charge is 0.237 e. The van der Waals surface area contributed by atoms with Gasteiger partial charge in [-0.25, -0.2) is 4.68 Å². The van der Waals surface area contributed by atoms with Crippen molar-refractivity contribution in [2.24, 2.45) is 0 Å². The maximum absolute atomic E-state index is 12.5. The Labute approximate surface area is 175 Å². The van der Waals surface area contributed by atoms with Crippen LogP contribution in [0.15, 0.2) is 47.6 Å². The molecule has 0 aliphatic carbocycles. The summed E-state index contributed by atoms with van der Waals surface area (Å²) in [6.07, 6.45) is 0. The topological polar surface area (TPSA) is 72.7 Å². The number of hydrogen-bond donors (Lipinski definition) is 1. The summed E-state index contributed by atoms with van der Waals surface area (Å²) < 4.78 is 1.65. The van der Waals surface area contributed by atoms with E-state index in [4.69, 9.17) is 34.8 Å². The van der Waals surface area contributed by atoms with Crippen LogP contribution in [0.25, 0.3) is 0 Å². The lowest BCUT2D eigenvalue weighted by molar-refractivity contribution is -0.115. The van der Waals surface area contributed by atoms with Gasteiger partial charge in [-0.15, -0.1) is 5.10 Å². The predicted molar refractivity (Wildman–Crippen MR) is 109 cm³/mol. The van der Waals surface area contributed by atoms with E-state index in [2.05, 4.69) is 20.8 Å². The maximum Gasteiger partial charge on any atom is 0.237 e. The van der Waals surface area contributed by atoms with Gasteiger partial charge in [0.2, 0.25) is 11.1 Å². The summed E-state index contributed by atoms with van der Waals surface area (Å²) in [5, 5.41) is 15.5. The molecule has 1 N–H and O–H groups in total. The minimum absolute atomic E-state index is 0.255. The first kappa shape index (κ1) is 19.9. The van der Waals surface area contributed by atoms with Gasteiger partial charge in [-0.2, -0.15) is 0 Å². The van der Waals surface area contributed by atoms with E-state index in [0.717, 1.165) is 5.56 Å². The molecule has 2 aromatic carbocycles. The van der Waals surface area contributed by atoms with Gasteiger partial charge in [0.1, 0.15) is 0 Å². The molecular weight excluding hydrogens is 429 g/mol. The van der Waals surface area contributed by atoms with Crippen LogP contribution < -0.4 is 5.32 Å². The fraction of sp³-hybridized carbons (Fsp3) is 0.176. The number of carbonyl (C=O) groups is 1. The quantitative estimate of drug-likeness (QED) is 0.438. The monoisotopic (exact) mass is 441 g/mol. The van der Waals surface area contributed by atoms with Crippen molar-refractivity contribution in [1.82, 2.24) is 20.2 Å². The Kier molecular flexibility index (Phi) is 6.59. The average molecular weight is 443 g/mol. The van der Waals surface area contributed by atoms with E-state index in [1.54, 1.807) is 11.6 Å². The van der Waals surface area contributed by atoms with Gasteiger partial charge >= 0.3 is 0 Å². The molecule has 3 rings (SSSR count). The Balaban J connectivity index is 1.67. The number of halogens is 3. The summed E-state index contributed by atoms with van der Waals surface area (Å²) in [5.41, 5.74) is 1.46. The molecule has 1 amide bonds. The lowest BCUT2D eigenvalue weighted by atomic mass is 10.2. The van der Waals surface area contributed by atoms with Crippen molar-refractivity contribution < 1.29 is 4.79 Å². The second-order valence-electron chi connectivity index (χ2n) is 5.60. The second kappa shape index (κ2) is 8.93. The Morgan fingerprint density at radius 1 is 1.15 bits per heavy atom. The summed E-state index contributed by atoms with van der Waals surface area (Å²) in [6, 6.07) is 12.8. The van der Waals surface area contributed by atoms with Crippen molar-refractivity contribution in [1.29, 1.82) is 0 Å². The molecule has 0 radical (unpaired) electrons. The maximum atomic E-state index is 12.5. The molecule has 10 heteroatoms. The van der Waals surface area contributed by atoms with E-state index in [-0.39, 0.29) is 5.91 Å². The van der Waals surface area contributed by atoms with Crippen LogP contribution in [0.5, 0.6) is 0 Å². The van der Waals surface area contributed by atoms with Gasteiger partial charge in [0, 0.05) is 0 Å². The SMILES string of the molecule is CC(Sc1nnnn1Cc1ccccc1)C(=O)Nc1cc(Cl)c(Cl)cc1Cl. The van der Waals surface area contributed by atoms with E-state index in [9.17, 15) is 4.79 Å². The number of nitrogens with one attached hydrogen (secondary N) is 1. The number of tetrazole rings is 1. The Morgan fingerprint density at radius 3 is 2.59 bits per heavy atom. The van der Waals surface area contributed by atoms with E-state index >= 15 is 0 Å². The molecule has 0 aliphatic rings. The summed E-state index contributed by atoms with van der Waals surface area (Å²) in [5.74, 6) is -0.255.